The summed E-state index contributed by atoms with van der Waals surface area (Å²) >= 11 is 18.1. The number of carbonyl (C=O) groups excluding carboxylic acids is 1. The highest BCUT2D eigenvalue weighted by atomic mass is 35.5. The fourth-order valence-corrected chi connectivity index (χ4v) is 3.78. The van der Waals surface area contributed by atoms with Crippen LogP contribution in [0.3, 0.4) is 0 Å². The van der Waals surface area contributed by atoms with Gasteiger partial charge in [-0.3, -0.25) is 4.79 Å². The van der Waals surface area contributed by atoms with Gasteiger partial charge in [-0.2, -0.15) is 0 Å². The van der Waals surface area contributed by atoms with Gasteiger partial charge in [-0.25, -0.2) is 0 Å². The van der Waals surface area contributed by atoms with Gasteiger partial charge in [0.05, 0.1) is 10.6 Å². The van der Waals surface area contributed by atoms with Gasteiger partial charge in [0.25, 0.3) is 5.91 Å². The molecule has 0 N–H and O–H groups in total. The second-order valence-corrected chi connectivity index (χ2v) is 7.40. The van der Waals surface area contributed by atoms with Crippen LogP contribution in [-0.4, -0.2) is 23.9 Å². The van der Waals surface area contributed by atoms with E-state index in [1.807, 2.05) is 17.0 Å². The summed E-state index contributed by atoms with van der Waals surface area (Å²) in [6, 6.07) is 12.9. The minimum Gasteiger partial charge on any atom is -0.338 e. The Kier molecular flexibility index (Phi) is 5.70. The fraction of sp³-hybridized carbons (Fsp3) is 0.316. The Morgan fingerprint density at radius 1 is 0.958 bits per heavy atom. The highest BCUT2D eigenvalue weighted by Gasteiger charge is 2.25. The van der Waals surface area contributed by atoms with Gasteiger partial charge in [-0.1, -0.05) is 53.4 Å². The maximum atomic E-state index is 12.9. The zero-order valence-corrected chi connectivity index (χ0v) is 15.4. The molecular formula is C19H18Cl3NO. The summed E-state index contributed by atoms with van der Waals surface area (Å²) in [5.41, 5.74) is 1.74. The molecule has 2 aromatic rings. The highest BCUT2D eigenvalue weighted by molar-refractivity contribution is 6.36. The monoisotopic (exact) mass is 381 g/mol. The van der Waals surface area contributed by atoms with Crippen LogP contribution in [0.15, 0.2) is 42.5 Å². The number of benzene rings is 2. The Labute approximate surface area is 157 Å². The van der Waals surface area contributed by atoms with Gasteiger partial charge in [0.2, 0.25) is 0 Å². The van der Waals surface area contributed by atoms with E-state index >= 15 is 0 Å². The average Bonchev–Trinajstić information content (AvgIpc) is 2.81. The maximum absolute atomic E-state index is 12.9. The molecule has 1 saturated heterocycles. The fourth-order valence-electron chi connectivity index (χ4n) is 3.17. The molecule has 1 unspecified atom stereocenters. The third-order valence-corrected chi connectivity index (χ3v) is 5.26. The molecule has 0 saturated carbocycles. The van der Waals surface area contributed by atoms with Crippen molar-refractivity contribution in [3.05, 3.63) is 68.7 Å². The largest absolute Gasteiger partial charge is 0.338 e. The molecule has 0 aliphatic carbocycles. The van der Waals surface area contributed by atoms with Gasteiger partial charge < -0.3 is 4.90 Å². The summed E-state index contributed by atoms with van der Waals surface area (Å²) in [6.45, 7) is 1.45. The van der Waals surface area contributed by atoms with Crippen LogP contribution >= 0.6 is 34.8 Å². The van der Waals surface area contributed by atoms with Gasteiger partial charge in [0.15, 0.2) is 0 Å². The van der Waals surface area contributed by atoms with Crippen molar-refractivity contribution >= 4 is 40.7 Å². The van der Waals surface area contributed by atoms with Crippen LogP contribution < -0.4 is 0 Å². The van der Waals surface area contributed by atoms with Crippen LogP contribution in [0, 0.1) is 0 Å². The topological polar surface area (TPSA) is 20.3 Å². The van der Waals surface area contributed by atoms with Crippen molar-refractivity contribution in [1.82, 2.24) is 4.90 Å². The third kappa shape index (κ3) is 4.05. The molecule has 0 bridgehead atoms. The van der Waals surface area contributed by atoms with E-state index in [4.69, 9.17) is 34.8 Å². The number of halogens is 3. The van der Waals surface area contributed by atoms with Crippen molar-refractivity contribution in [3.8, 4) is 0 Å². The molecule has 2 aromatic carbocycles. The second-order valence-electron chi connectivity index (χ2n) is 6.12. The Bertz CT molecular complexity index is 730. The van der Waals surface area contributed by atoms with Crippen molar-refractivity contribution in [1.29, 1.82) is 0 Å². The minimum absolute atomic E-state index is 0.0301. The smallest absolute Gasteiger partial charge is 0.255 e. The normalized spacial score (nSPS) is 18.3. The zero-order chi connectivity index (χ0) is 17.1. The molecule has 1 aliphatic heterocycles. The van der Waals surface area contributed by atoms with Gasteiger partial charge in [-0.15, -0.1) is 0 Å². The second kappa shape index (κ2) is 7.77. The first-order valence-electron chi connectivity index (χ1n) is 8.04. The van der Waals surface area contributed by atoms with E-state index in [2.05, 4.69) is 12.1 Å². The summed E-state index contributed by atoms with van der Waals surface area (Å²) in [5, 5.41) is 1.67. The molecule has 5 heteroatoms. The molecule has 126 valence electrons. The molecule has 1 amide bonds. The SMILES string of the molecule is O=C(c1ccc(Cl)cc1Cl)N1CCCCC(c2ccc(Cl)cc2)C1. The molecular weight excluding hydrogens is 365 g/mol. The summed E-state index contributed by atoms with van der Waals surface area (Å²) < 4.78 is 0. The zero-order valence-electron chi connectivity index (χ0n) is 13.1. The van der Waals surface area contributed by atoms with Crippen LogP contribution in [0.25, 0.3) is 0 Å². The predicted octanol–water partition coefficient (Wildman–Crippen LogP) is 6.06. The molecule has 0 spiro atoms. The van der Waals surface area contributed by atoms with Gasteiger partial charge in [0, 0.05) is 29.1 Å². The summed E-state index contributed by atoms with van der Waals surface area (Å²) in [4.78, 5) is 14.8. The van der Waals surface area contributed by atoms with Gasteiger partial charge >= 0.3 is 0 Å². The van der Waals surface area contributed by atoms with E-state index < -0.39 is 0 Å². The first-order valence-corrected chi connectivity index (χ1v) is 9.18. The standard InChI is InChI=1S/C19H18Cl3NO/c20-15-6-4-13(5-7-15)14-3-1-2-10-23(12-14)19(24)17-9-8-16(21)11-18(17)22/h4-9,11,14H,1-3,10,12H2. The molecule has 24 heavy (non-hydrogen) atoms. The number of rotatable bonds is 2. The Morgan fingerprint density at radius 3 is 2.38 bits per heavy atom. The van der Waals surface area contributed by atoms with E-state index in [1.54, 1.807) is 18.2 Å². The lowest BCUT2D eigenvalue weighted by Crippen LogP contribution is -2.34. The van der Waals surface area contributed by atoms with E-state index in [1.165, 1.54) is 5.56 Å². The summed E-state index contributed by atoms with van der Waals surface area (Å²) in [6.07, 6.45) is 3.17. The van der Waals surface area contributed by atoms with E-state index in [0.717, 1.165) is 30.8 Å². The third-order valence-electron chi connectivity index (χ3n) is 4.46. The lowest BCUT2D eigenvalue weighted by molar-refractivity contribution is 0.0754. The Balaban J connectivity index is 1.81. The average molecular weight is 383 g/mol. The molecule has 1 fully saturated rings. The predicted molar refractivity (Wildman–Crippen MR) is 100 cm³/mol. The Hall–Kier alpha value is -1.22. The molecule has 2 nitrogen and oxygen atoms in total. The molecule has 1 aliphatic rings. The van der Waals surface area contributed by atoms with Crippen LogP contribution in [0.2, 0.25) is 15.1 Å². The quantitative estimate of drug-likeness (QED) is 0.618. The highest BCUT2D eigenvalue weighted by Crippen LogP contribution is 2.29. The molecule has 1 atom stereocenters. The van der Waals surface area contributed by atoms with Gasteiger partial charge in [-0.05, 0) is 48.7 Å². The lowest BCUT2D eigenvalue weighted by atomic mass is 9.94. The van der Waals surface area contributed by atoms with Crippen molar-refractivity contribution in [3.63, 3.8) is 0 Å². The maximum Gasteiger partial charge on any atom is 0.255 e. The Morgan fingerprint density at radius 2 is 1.67 bits per heavy atom. The summed E-state index contributed by atoms with van der Waals surface area (Å²) in [5.74, 6) is 0.289. The number of nitrogens with zero attached hydrogens (tertiary/aromatic N) is 1. The van der Waals surface area contributed by atoms with Crippen LogP contribution in [0.1, 0.15) is 41.1 Å². The van der Waals surface area contributed by atoms with Crippen LogP contribution in [0.4, 0.5) is 0 Å². The molecule has 3 rings (SSSR count). The minimum atomic E-state index is -0.0301. The number of likely N-dealkylation sites (tertiary alicyclic amines) is 1. The number of carbonyl (C=O) groups is 1. The number of hydrogen-bond acceptors (Lipinski definition) is 1. The summed E-state index contributed by atoms with van der Waals surface area (Å²) in [7, 11) is 0. The van der Waals surface area contributed by atoms with E-state index in [-0.39, 0.29) is 5.91 Å². The van der Waals surface area contributed by atoms with Crippen molar-refractivity contribution in [2.75, 3.05) is 13.1 Å². The van der Waals surface area contributed by atoms with Crippen molar-refractivity contribution < 1.29 is 4.79 Å². The number of hydrogen-bond donors (Lipinski definition) is 0. The van der Waals surface area contributed by atoms with Crippen LogP contribution in [0.5, 0.6) is 0 Å². The number of amides is 1. The van der Waals surface area contributed by atoms with Crippen LogP contribution in [-0.2, 0) is 0 Å². The molecule has 1 heterocycles. The van der Waals surface area contributed by atoms with E-state index in [9.17, 15) is 4.79 Å². The first kappa shape index (κ1) is 17.6. The van der Waals surface area contributed by atoms with Crippen molar-refractivity contribution in [2.24, 2.45) is 0 Å². The van der Waals surface area contributed by atoms with Crippen molar-refractivity contribution in [2.45, 2.75) is 25.2 Å². The van der Waals surface area contributed by atoms with Gasteiger partial charge in [0.1, 0.15) is 0 Å². The molecule has 0 aromatic heterocycles. The first-order chi connectivity index (χ1) is 11.5. The molecule has 0 radical (unpaired) electrons. The van der Waals surface area contributed by atoms with E-state index in [0.29, 0.717) is 28.1 Å². The lowest BCUT2D eigenvalue weighted by Gasteiger charge is -2.25.